The fourth-order valence-corrected chi connectivity index (χ4v) is 3.80. The zero-order valence-corrected chi connectivity index (χ0v) is 15.4. The quantitative estimate of drug-likeness (QED) is 0.837. The van der Waals surface area contributed by atoms with E-state index in [1.54, 1.807) is 0 Å². The normalized spacial score (nSPS) is 16.9. The summed E-state index contributed by atoms with van der Waals surface area (Å²) in [5, 5.41) is 5.22. The molecular formula is C16H16BrN3O3S. The minimum atomic E-state index is -0.504. The predicted molar refractivity (Wildman–Crippen MR) is 96.0 cm³/mol. The summed E-state index contributed by atoms with van der Waals surface area (Å²) in [7, 11) is 1.32. The summed E-state index contributed by atoms with van der Waals surface area (Å²) < 4.78 is 5.70. The van der Waals surface area contributed by atoms with Crippen LogP contribution in [0.3, 0.4) is 0 Å². The van der Waals surface area contributed by atoms with Gasteiger partial charge in [0.15, 0.2) is 5.13 Å². The van der Waals surface area contributed by atoms with Crippen LogP contribution in [-0.2, 0) is 9.53 Å². The SMILES string of the molecule is COC(=O)N1CCCC1C(=O)Nc1nc(-c2cccc(Br)c2)cs1. The molecule has 0 aliphatic carbocycles. The first-order chi connectivity index (χ1) is 11.6. The van der Waals surface area contributed by atoms with Gasteiger partial charge in [0.05, 0.1) is 12.8 Å². The van der Waals surface area contributed by atoms with Crippen LogP contribution in [0.5, 0.6) is 0 Å². The van der Waals surface area contributed by atoms with Gasteiger partial charge in [0.25, 0.3) is 0 Å². The van der Waals surface area contributed by atoms with Crippen LogP contribution in [-0.4, -0.2) is 41.6 Å². The lowest BCUT2D eigenvalue weighted by molar-refractivity contribution is -0.119. The number of nitrogens with zero attached hydrogens (tertiary/aromatic N) is 2. The minimum absolute atomic E-state index is 0.229. The zero-order chi connectivity index (χ0) is 17.1. The first-order valence-corrected chi connectivity index (χ1v) is 9.12. The number of benzene rings is 1. The summed E-state index contributed by atoms with van der Waals surface area (Å²) in [6.07, 6.45) is 0.945. The highest BCUT2D eigenvalue weighted by atomic mass is 79.9. The van der Waals surface area contributed by atoms with E-state index in [1.165, 1.54) is 23.3 Å². The number of halogens is 1. The van der Waals surface area contributed by atoms with Crippen molar-refractivity contribution in [3.05, 3.63) is 34.1 Å². The molecule has 8 heteroatoms. The highest BCUT2D eigenvalue weighted by Gasteiger charge is 2.35. The number of aromatic nitrogens is 1. The zero-order valence-electron chi connectivity index (χ0n) is 13.0. The van der Waals surface area contributed by atoms with Crippen LogP contribution >= 0.6 is 27.3 Å². The Bertz CT molecular complexity index is 765. The van der Waals surface area contributed by atoms with E-state index in [0.717, 1.165) is 22.2 Å². The summed E-state index contributed by atoms with van der Waals surface area (Å²) in [5.74, 6) is -0.229. The van der Waals surface area contributed by atoms with Gasteiger partial charge in [-0.1, -0.05) is 28.1 Å². The van der Waals surface area contributed by atoms with E-state index in [2.05, 4.69) is 26.2 Å². The van der Waals surface area contributed by atoms with Gasteiger partial charge in [-0.15, -0.1) is 11.3 Å². The summed E-state index contributed by atoms with van der Waals surface area (Å²) in [5.41, 5.74) is 1.77. The highest BCUT2D eigenvalue weighted by molar-refractivity contribution is 9.10. The number of thiazole rings is 1. The Morgan fingerprint density at radius 2 is 2.29 bits per heavy atom. The standard InChI is InChI=1S/C16H16BrN3O3S/c1-23-16(22)20-7-3-6-13(20)14(21)19-15-18-12(9-24-15)10-4-2-5-11(17)8-10/h2,4-5,8-9,13H,3,6-7H2,1H3,(H,18,19,21). The van der Waals surface area contributed by atoms with Crippen LogP contribution in [0, 0.1) is 0 Å². The fraction of sp³-hybridized carbons (Fsp3) is 0.312. The summed E-state index contributed by atoms with van der Waals surface area (Å²) >= 11 is 4.79. The van der Waals surface area contributed by atoms with Crippen molar-refractivity contribution in [1.82, 2.24) is 9.88 Å². The minimum Gasteiger partial charge on any atom is -0.453 e. The Labute approximate surface area is 152 Å². The van der Waals surface area contributed by atoms with E-state index < -0.39 is 12.1 Å². The monoisotopic (exact) mass is 409 g/mol. The van der Waals surface area contributed by atoms with E-state index in [-0.39, 0.29) is 5.91 Å². The van der Waals surface area contributed by atoms with Crippen molar-refractivity contribution >= 4 is 44.4 Å². The Balaban J connectivity index is 1.70. The van der Waals surface area contributed by atoms with Gasteiger partial charge < -0.3 is 10.1 Å². The number of nitrogens with one attached hydrogen (secondary N) is 1. The Hall–Kier alpha value is -1.93. The lowest BCUT2D eigenvalue weighted by Crippen LogP contribution is -2.43. The number of rotatable bonds is 3. The highest BCUT2D eigenvalue weighted by Crippen LogP contribution is 2.27. The molecule has 0 spiro atoms. The van der Waals surface area contributed by atoms with E-state index in [0.29, 0.717) is 18.1 Å². The first-order valence-electron chi connectivity index (χ1n) is 7.45. The van der Waals surface area contributed by atoms with Gasteiger partial charge in [-0.25, -0.2) is 9.78 Å². The van der Waals surface area contributed by atoms with E-state index in [9.17, 15) is 9.59 Å². The van der Waals surface area contributed by atoms with Gasteiger partial charge in [0.1, 0.15) is 6.04 Å². The predicted octanol–water partition coefficient (Wildman–Crippen LogP) is 3.74. The van der Waals surface area contributed by atoms with Crippen LogP contribution in [0.2, 0.25) is 0 Å². The Morgan fingerprint density at radius 1 is 1.46 bits per heavy atom. The Kier molecular flexibility index (Phi) is 5.15. The molecule has 1 aromatic carbocycles. The number of carbonyl (C=O) groups is 2. The molecule has 0 radical (unpaired) electrons. The molecule has 1 aliphatic rings. The van der Waals surface area contributed by atoms with Crippen molar-refractivity contribution < 1.29 is 14.3 Å². The molecule has 1 unspecified atom stereocenters. The molecule has 24 heavy (non-hydrogen) atoms. The van der Waals surface area contributed by atoms with Gasteiger partial charge >= 0.3 is 6.09 Å². The third-order valence-corrected chi connectivity index (χ3v) is 5.07. The molecule has 1 atom stereocenters. The van der Waals surface area contributed by atoms with Crippen LogP contribution in [0.25, 0.3) is 11.3 Å². The molecule has 1 aromatic heterocycles. The molecular weight excluding hydrogens is 394 g/mol. The molecule has 1 aliphatic heterocycles. The molecule has 126 valence electrons. The average Bonchev–Trinajstić information content (AvgIpc) is 3.23. The molecule has 2 aromatic rings. The van der Waals surface area contributed by atoms with E-state index in [4.69, 9.17) is 4.74 Å². The van der Waals surface area contributed by atoms with Crippen molar-refractivity contribution in [1.29, 1.82) is 0 Å². The van der Waals surface area contributed by atoms with Crippen molar-refractivity contribution in [3.8, 4) is 11.3 Å². The number of anilines is 1. The van der Waals surface area contributed by atoms with Crippen LogP contribution in [0.15, 0.2) is 34.1 Å². The van der Waals surface area contributed by atoms with Crippen LogP contribution in [0.4, 0.5) is 9.93 Å². The molecule has 3 rings (SSSR count). The number of ether oxygens (including phenoxy) is 1. The molecule has 2 amide bonds. The van der Waals surface area contributed by atoms with Crippen molar-refractivity contribution in [2.75, 3.05) is 19.0 Å². The molecule has 1 fully saturated rings. The number of methoxy groups -OCH3 is 1. The van der Waals surface area contributed by atoms with Crippen molar-refractivity contribution in [3.63, 3.8) is 0 Å². The van der Waals surface area contributed by atoms with E-state index >= 15 is 0 Å². The number of likely N-dealkylation sites (tertiary alicyclic amines) is 1. The van der Waals surface area contributed by atoms with Gasteiger partial charge in [-0.3, -0.25) is 9.69 Å². The number of carbonyl (C=O) groups excluding carboxylic acids is 2. The topological polar surface area (TPSA) is 71.5 Å². The maximum Gasteiger partial charge on any atom is 0.410 e. The van der Waals surface area contributed by atoms with Crippen molar-refractivity contribution in [2.45, 2.75) is 18.9 Å². The third kappa shape index (κ3) is 3.59. The molecule has 6 nitrogen and oxygen atoms in total. The summed E-state index contributed by atoms with van der Waals surface area (Å²) in [4.78, 5) is 30.1. The van der Waals surface area contributed by atoms with Gasteiger partial charge in [0, 0.05) is 22.0 Å². The molecule has 0 saturated carbocycles. The van der Waals surface area contributed by atoms with E-state index in [1.807, 2.05) is 29.6 Å². The van der Waals surface area contributed by atoms with Crippen LogP contribution < -0.4 is 5.32 Å². The second-order valence-corrected chi connectivity index (χ2v) is 7.13. The Morgan fingerprint density at radius 3 is 3.04 bits per heavy atom. The van der Waals surface area contributed by atoms with Gasteiger partial charge in [-0.05, 0) is 25.0 Å². The number of amides is 2. The maximum absolute atomic E-state index is 12.4. The smallest absolute Gasteiger partial charge is 0.410 e. The fourth-order valence-electron chi connectivity index (χ4n) is 2.68. The summed E-state index contributed by atoms with van der Waals surface area (Å²) in [6, 6.07) is 7.30. The van der Waals surface area contributed by atoms with Crippen molar-refractivity contribution in [2.24, 2.45) is 0 Å². The third-order valence-electron chi connectivity index (χ3n) is 3.82. The lowest BCUT2D eigenvalue weighted by atomic mass is 10.2. The number of hydrogen-bond acceptors (Lipinski definition) is 5. The molecule has 2 heterocycles. The lowest BCUT2D eigenvalue weighted by Gasteiger charge is -2.21. The van der Waals surface area contributed by atoms with Gasteiger partial charge in [-0.2, -0.15) is 0 Å². The average molecular weight is 410 g/mol. The molecule has 1 N–H and O–H groups in total. The second-order valence-electron chi connectivity index (χ2n) is 5.36. The molecule has 1 saturated heterocycles. The maximum atomic E-state index is 12.4. The number of hydrogen-bond donors (Lipinski definition) is 1. The summed E-state index contributed by atoms with van der Waals surface area (Å²) in [6.45, 7) is 0.534. The molecule has 0 bridgehead atoms. The van der Waals surface area contributed by atoms with Gasteiger partial charge in [0.2, 0.25) is 5.91 Å². The largest absolute Gasteiger partial charge is 0.453 e. The first kappa shape index (κ1) is 16.9. The van der Waals surface area contributed by atoms with Crippen LogP contribution in [0.1, 0.15) is 12.8 Å². The second kappa shape index (κ2) is 7.31.